The topological polar surface area (TPSA) is 33.7 Å². The first-order chi connectivity index (χ1) is 7.26. The van der Waals surface area contributed by atoms with E-state index in [1.54, 1.807) is 14.2 Å². The van der Waals surface area contributed by atoms with E-state index in [2.05, 4.69) is 17.3 Å². The zero-order valence-corrected chi connectivity index (χ0v) is 9.33. The Kier molecular flexibility index (Phi) is 2.58. The van der Waals surface area contributed by atoms with Crippen LogP contribution in [-0.4, -0.2) is 34.4 Å². The molecule has 0 radical (unpaired) electrons. The molecule has 0 saturated carbocycles. The van der Waals surface area contributed by atoms with Crippen molar-refractivity contribution in [2.75, 3.05) is 44.6 Å². The number of anilines is 2. The molecule has 0 spiro atoms. The Bertz CT molecular complexity index is 366. The molecule has 1 aromatic carbocycles. The van der Waals surface area contributed by atoms with Gasteiger partial charge in [-0.05, 0) is 0 Å². The number of hydrogen-bond donors (Lipinski definition) is 1. The van der Waals surface area contributed by atoms with Gasteiger partial charge in [0.05, 0.1) is 25.6 Å². The molecule has 1 aliphatic heterocycles. The molecule has 4 heteroatoms. The lowest BCUT2D eigenvalue weighted by molar-refractivity contribution is 0.355. The van der Waals surface area contributed by atoms with E-state index >= 15 is 0 Å². The number of methoxy groups -OCH3 is 2. The van der Waals surface area contributed by atoms with Crippen LogP contribution in [0.15, 0.2) is 12.1 Å². The summed E-state index contributed by atoms with van der Waals surface area (Å²) in [6.07, 6.45) is 0. The lowest BCUT2D eigenvalue weighted by atomic mass is 10.2. The summed E-state index contributed by atoms with van der Waals surface area (Å²) in [6, 6.07) is 3.98. The normalized spacial score (nSPS) is 14.2. The van der Waals surface area contributed by atoms with Gasteiger partial charge >= 0.3 is 0 Å². The van der Waals surface area contributed by atoms with Crippen molar-refractivity contribution in [2.45, 2.75) is 0 Å². The summed E-state index contributed by atoms with van der Waals surface area (Å²) in [7, 11) is 5.38. The van der Waals surface area contributed by atoms with Crippen LogP contribution < -0.4 is 19.7 Å². The first kappa shape index (κ1) is 9.96. The molecule has 0 aliphatic carbocycles. The van der Waals surface area contributed by atoms with Gasteiger partial charge in [0, 0.05) is 32.3 Å². The molecule has 0 fully saturated rings. The standard InChI is InChI=1S/C11H16N2O2/c1-13-5-4-12-8-6-10(14-2)11(15-3)7-9(8)13/h6-7,12H,4-5H2,1-3H3. The molecule has 0 saturated heterocycles. The van der Waals surface area contributed by atoms with Gasteiger partial charge in [-0.2, -0.15) is 0 Å². The van der Waals surface area contributed by atoms with Crippen molar-refractivity contribution in [2.24, 2.45) is 0 Å². The second kappa shape index (κ2) is 3.88. The molecule has 82 valence electrons. The molecule has 1 aromatic rings. The Morgan fingerprint density at radius 1 is 1.20 bits per heavy atom. The zero-order chi connectivity index (χ0) is 10.8. The van der Waals surface area contributed by atoms with E-state index in [9.17, 15) is 0 Å². The van der Waals surface area contributed by atoms with E-state index in [1.165, 1.54) is 0 Å². The first-order valence-electron chi connectivity index (χ1n) is 4.97. The SMILES string of the molecule is COc1cc2c(cc1OC)N(C)CCN2. The molecule has 0 aromatic heterocycles. The average Bonchev–Trinajstić information content (AvgIpc) is 2.28. The van der Waals surface area contributed by atoms with Crippen LogP contribution in [0.4, 0.5) is 11.4 Å². The third kappa shape index (κ3) is 1.67. The number of nitrogens with zero attached hydrogens (tertiary/aromatic N) is 1. The van der Waals surface area contributed by atoms with E-state index in [4.69, 9.17) is 9.47 Å². The Hall–Kier alpha value is -1.58. The first-order valence-corrected chi connectivity index (χ1v) is 4.97. The van der Waals surface area contributed by atoms with Crippen molar-refractivity contribution in [1.82, 2.24) is 0 Å². The molecule has 4 nitrogen and oxygen atoms in total. The van der Waals surface area contributed by atoms with Gasteiger partial charge in [-0.15, -0.1) is 0 Å². The number of benzene rings is 1. The fourth-order valence-electron chi connectivity index (χ4n) is 1.80. The second-order valence-corrected chi connectivity index (χ2v) is 3.57. The van der Waals surface area contributed by atoms with Crippen LogP contribution in [0, 0.1) is 0 Å². The summed E-state index contributed by atoms with van der Waals surface area (Å²) in [6.45, 7) is 1.96. The summed E-state index contributed by atoms with van der Waals surface area (Å²) in [5, 5.41) is 3.34. The van der Waals surface area contributed by atoms with Gasteiger partial charge in [0.1, 0.15) is 0 Å². The van der Waals surface area contributed by atoms with E-state index < -0.39 is 0 Å². The number of rotatable bonds is 2. The Morgan fingerprint density at radius 3 is 2.53 bits per heavy atom. The molecular weight excluding hydrogens is 192 g/mol. The van der Waals surface area contributed by atoms with Crippen molar-refractivity contribution in [1.29, 1.82) is 0 Å². The smallest absolute Gasteiger partial charge is 0.162 e. The molecule has 15 heavy (non-hydrogen) atoms. The van der Waals surface area contributed by atoms with Crippen LogP contribution in [0.1, 0.15) is 0 Å². The fourth-order valence-corrected chi connectivity index (χ4v) is 1.80. The number of ether oxygens (including phenoxy) is 2. The predicted molar refractivity (Wildman–Crippen MR) is 61.3 cm³/mol. The lowest BCUT2D eigenvalue weighted by Crippen LogP contribution is -2.30. The van der Waals surface area contributed by atoms with Crippen LogP contribution >= 0.6 is 0 Å². The van der Waals surface area contributed by atoms with Gasteiger partial charge in [0.25, 0.3) is 0 Å². The molecule has 1 aliphatic rings. The Labute approximate surface area is 89.8 Å². The van der Waals surface area contributed by atoms with Crippen molar-refractivity contribution in [3.8, 4) is 11.5 Å². The zero-order valence-electron chi connectivity index (χ0n) is 9.33. The lowest BCUT2D eigenvalue weighted by Gasteiger charge is -2.29. The van der Waals surface area contributed by atoms with E-state index in [0.717, 1.165) is 36.0 Å². The van der Waals surface area contributed by atoms with Crippen LogP contribution in [0.2, 0.25) is 0 Å². The summed E-state index contributed by atoms with van der Waals surface area (Å²) in [5.74, 6) is 1.53. The molecule has 1 N–H and O–H groups in total. The van der Waals surface area contributed by atoms with E-state index in [0.29, 0.717) is 0 Å². The van der Waals surface area contributed by atoms with Gasteiger partial charge in [-0.1, -0.05) is 0 Å². The quantitative estimate of drug-likeness (QED) is 0.799. The molecule has 0 atom stereocenters. The molecular formula is C11H16N2O2. The monoisotopic (exact) mass is 208 g/mol. The molecule has 1 heterocycles. The minimum atomic E-state index is 0.763. The minimum Gasteiger partial charge on any atom is -0.493 e. The molecule has 0 amide bonds. The van der Waals surface area contributed by atoms with Gasteiger partial charge in [-0.25, -0.2) is 0 Å². The highest BCUT2D eigenvalue weighted by atomic mass is 16.5. The number of hydrogen-bond acceptors (Lipinski definition) is 4. The minimum absolute atomic E-state index is 0.763. The maximum absolute atomic E-state index is 5.27. The summed E-state index contributed by atoms with van der Waals surface area (Å²) in [4.78, 5) is 2.20. The highest BCUT2D eigenvalue weighted by molar-refractivity contribution is 5.76. The Balaban J connectivity index is 2.48. The van der Waals surface area contributed by atoms with Crippen molar-refractivity contribution in [3.63, 3.8) is 0 Å². The maximum Gasteiger partial charge on any atom is 0.162 e. The molecule has 2 rings (SSSR count). The van der Waals surface area contributed by atoms with Gasteiger partial charge in [0.2, 0.25) is 0 Å². The largest absolute Gasteiger partial charge is 0.493 e. The summed E-state index contributed by atoms with van der Waals surface area (Å²) < 4.78 is 10.5. The third-order valence-electron chi connectivity index (χ3n) is 2.68. The van der Waals surface area contributed by atoms with Crippen molar-refractivity contribution in [3.05, 3.63) is 12.1 Å². The molecule has 0 unspecified atom stereocenters. The number of fused-ring (bicyclic) bond motifs is 1. The average molecular weight is 208 g/mol. The number of nitrogens with one attached hydrogen (secondary N) is 1. The second-order valence-electron chi connectivity index (χ2n) is 3.57. The maximum atomic E-state index is 5.27. The van der Waals surface area contributed by atoms with Crippen LogP contribution in [0.25, 0.3) is 0 Å². The van der Waals surface area contributed by atoms with Crippen LogP contribution in [0.3, 0.4) is 0 Å². The summed E-state index contributed by atoms with van der Waals surface area (Å²) >= 11 is 0. The van der Waals surface area contributed by atoms with Gasteiger partial charge in [0.15, 0.2) is 11.5 Å². The Morgan fingerprint density at radius 2 is 1.87 bits per heavy atom. The third-order valence-corrected chi connectivity index (χ3v) is 2.68. The van der Waals surface area contributed by atoms with Crippen LogP contribution in [0.5, 0.6) is 11.5 Å². The summed E-state index contributed by atoms with van der Waals surface area (Å²) in [5.41, 5.74) is 2.25. The highest BCUT2D eigenvalue weighted by Crippen LogP contribution is 2.39. The number of likely N-dealkylation sites (N-methyl/N-ethyl adjacent to an activating group) is 1. The predicted octanol–water partition coefficient (Wildman–Crippen LogP) is 1.57. The molecule has 0 bridgehead atoms. The van der Waals surface area contributed by atoms with Gasteiger partial charge in [-0.3, -0.25) is 0 Å². The van der Waals surface area contributed by atoms with Crippen LogP contribution in [-0.2, 0) is 0 Å². The van der Waals surface area contributed by atoms with Gasteiger partial charge < -0.3 is 19.7 Å². The van der Waals surface area contributed by atoms with E-state index in [1.807, 2.05) is 12.1 Å². The highest BCUT2D eigenvalue weighted by Gasteiger charge is 2.17. The van der Waals surface area contributed by atoms with Crippen molar-refractivity contribution < 1.29 is 9.47 Å². The fraction of sp³-hybridized carbons (Fsp3) is 0.455. The van der Waals surface area contributed by atoms with Crippen molar-refractivity contribution >= 4 is 11.4 Å². The van der Waals surface area contributed by atoms with E-state index in [-0.39, 0.29) is 0 Å².